The molecule has 4 aromatic rings. The molecular formula is C42H40ClF10N8O10PS2. The van der Waals surface area contributed by atoms with Crippen molar-refractivity contribution in [2.75, 3.05) is 36.5 Å². The van der Waals surface area contributed by atoms with Gasteiger partial charge >= 0.3 is 26.2 Å². The minimum absolute atomic E-state index is 0.125. The van der Waals surface area contributed by atoms with Gasteiger partial charge in [-0.15, -0.1) is 0 Å². The second-order valence-electron chi connectivity index (χ2n) is 17.3. The van der Waals surface area contributed by atoms with Crippen molar-refractivity contribution in [3.8, 4) is 23.0 Å². The van der Waals surface area contributed by atoms with Gasteiger partial charge in [-0.2, -0.15) is 44.5 Å². The lowest BCUT2D eigenvalue weighted by molar-refractivity contribution is -0.141. The number of carbonyl (C=O) groups is 2. The number of nitrogens with two attached hydrogens (primary N) is 1. The number of amides is 3. The minimum atomic E-state index is -5.28. The minimum Gasteiger partial charge on any atom is -0.394 e. The molecule has 3 amide bonds. The van der Waals surface area contributed by atoms with E-state index in [9.17, 15) is 66.1 Å². The molecule has 0 spiro atoms. The zero-order chi connectivity index (χ0) is 55.5. The molecule has 18 nitrogen and oxygen atoms in total. The summed E-state index contributed by atoms with van der Waals surface area (Å²) in [5, 5.41) is 6.92. The Labute approximate surface area is 418 Å². The summed E-state index contributed by atoms with van der Waals surface area (Å²) < 4.78 is 211. The summed E-state index contributed by atoms with van der Waals surface area (Å²) in [5.74, 6) is -6.70. The number of sulfonamides is 1. The Morgan fingerprint density at radius 1 is 1.04 bits per heavy atom. The third-order valence-corrected chi connectivity index (χ3v) is 15.1. The average Bonchev–Trinajstić information content (AvgIpc) is 3.91. The smallest absolute Gasteiger partial charge is 0.394 e. The van der Waals surface area contributed by atoms with Crippen LogP contribution in [0.5, 0.6) is 0 Å². The molecule has 6 rings (SSSR count). The van der Waals surface area contributed by atoms with Crippen molar-refractivity contribution in [1.82, 2.24) is 25.4 Å². The van der Waals surface area contributed by atoms with E-state index in [1.807, 2.05) is 5.32 Å². The number of phosphoric ester groups is 1. The number of aromatic nitrogens is 3. The van der Waals surface area contributed by atoms with Gasteiger partial charge in [0.05, 0.1) is 40.5 Å². The number of phosphoric acid groups is 1. The van der Waals surface area contributed by atoms with E-state index in [2.05, 4.69) is 36.8 Å². The predicted molar refractivity (Wildman–Crippen MR) is 246 cm³/mol. The summed E-state index contributed by atoms with van der Waals surface area (Å²) >= 11 is 6.57. The predicted octanol–water partition coefficient (Wildman–Crippen LogP) is 6.25. The second-order valence-corrected chi connectivity index (χ2v) is 23.4. The van der Waals surface area contributed by atoms with Crippen LogP contribution >= 0.6 is 19.4 Å². The molecular weight excluding hydrogens is 1100 g/mol. The number of fused-ring (bicyclic) bond motifs is 2. The van der Waals surface area contributed by atoms with Crippen LogP contribution in [0.15, 0.2) is 58.7 Å². The van der Waals surface area contributed by atoms with E-state index in [4.69, 9.17) is 27.1 Å². The molecule has 2 aromatic heterocycles. The molecule has 32 heteroatoms. The summed E-state index contributed by atoms with van der Waals surface area (Å²) in [7, 11) is -14.0. The lowest BCUT2D eigenvalue weighted by Gasteiger charge is -2.23. The fourth-order valence-corrected chi connectivity index (χ4v) is 9.35. The van der Waals surface area contributed by atoms with Crippen LogP contribution in [0.4, 0.5) is 54.5 Å². The van der Waals surface area contributed by atoms with E-state index in [1.54, 1.807) is 0 Å². The molecule has 2 aliphatic rings. The zero-order valence-corrected chi connectivity index (χ0v) is 41.7. The molecule has 6 N–H and O–H groups in total. The van der Waals surface area contributed by atoms with Gasteiger partial charge in [-0.05, 0) is 74.4 Å². The molecule has 0 aliphatic heterocycles. The number of halogens is 11. The fraction of sp³-hybridized carbons (Fsp3) is 0.405. The van der Waals surface area contributed by atoms with Gasteiger partial charge < -0.3 is 26.2 Å². The van der Waals surface area contributed by atoms with E-state index in [1.165, 1.54) is 13.8 Å². The van der Waals surface area contributed by atoms with Crippen LogP contribution in [-0.2, 0) is 46.7 Å². The van der Waals surface area contributed by atoms with Crippen molar-refractivity contribution in [3.05, 3.63) is 87.3 Å². The van der Waals surface area contributed by atoms with Gasteiger partial charge in [0.1, 0.15) is 46.6 Å². The summed E-state index contributed by atoms with van der Waals surface area (Å²) in [4.78, 5) is 53.5. The highest BCUT2D eigenvalue weighted by atomic mass is 35.5. The highest BCUT2D eigenvalue weighted by Crippen LogP contribution is 2.62. The summed E-state index contributed by atoms with van der Waals surface area (Å²) in [5.41, 5.74) is -1.69. The molecule has 402 valence electrons. The molecule has 74 heavy (non-hydrogen) atoms. The first-order valence-corrected chi connectivity index (χ1v) is 26.7. The van der Waals surface area contributed by atoms with Gasteiger partial charge in [0, 0.05) is 41.5 Å². The quantitative estimate of drug-likeness (QED) is 0.0382. The molecule has 2 aromatic carbocycles. The molecule has 0 saturated heterocycles. The van der Waals surface area contributed by atoms with Crippen molar-refractivity contribution in [2.24, 2.45) is 22.6 Å². The van der Waals surface area contributed by atoms with E-state index < -0.39 is 175 Å². The van der Waals surface area contributed by atoms with Gasteiger partial charge in [-0.3, -0.25) is 19.0 Å². The van der Waals surface area contributed by atoms with E-state index >= 15 is 8.78 Å². The number of aliphatic imine (C=N–C) groups is 1. The Morgan fingerprint density at radius 2 is 1.66 bits per heavy atom. The van der Waals surface area contributed by atoms with Crippen molar-refractivity contribution >= 4 is 73.7 Å². The van der Waals surface area contributed by atoms with E-state index in [-0.39, 0.29) is 32.2 Å². The van der Waals surface area contributed by atoms with Gasteiger partial charge in [0.25, 0.3) is 5.92 Å². The monoisotopic (exact) mass is 1140 g/mol. The Bertz CT molecular complexity index is 3340. The highest BCUT2D eigenvalue weighted by Gasteiger charge is 2.68. The maximum absolute atomic E-state index is 15.4. The number of carbonyl (C=O) groups excluding carboxylic acids is 2. The largest absolute Gasteiger partial charge is 0.469 e. The van der Waals surface area contributed by atoms with Gasteiger partial charge in [-0.25, -0.2) is 40.0 Å². The number of nitrogens with one attached hydrogen (secondary N) is 2. The number of allylic oxidation sites excluding steroid dienone is 2. The van der Waals surface area contributed by atoms with E-state index in [0.717, 1.165) is 42.7 Å². The average molecular weight is 1140 g/mol. The number of benzene rings is 2. The molecule has 2 heterocycles. The van der Waals surface area contributed by atoms with Crippen molar-refractivity contribution < 1.29 is 89.2 Å². The number of alkyl halides is 8. The lowest BCUT2D eigenvalue weighted by atomic mass is 9.93. The number of urea groups is 1. The number of anilines is 1. The van der Waals surface area contributed by atoms with Crippen LogP contribution in [0.25, 0.3) is 22.0 Å². The molecule has 2 aliphatic carbocycles. The van der Waals surface area contributed by atoms with Crippen molar-refractivity contribution in [1.29, 1.82) is 0 Å². The Kier molecular flexibility index (Phi) is 15.8. The number of hydrogen-bond acceptors (Lipinski definition) is 12. The first-order valence-electron chi connectivity index (χ1n) is 21.0. The molecule has 3 atom stereocenters. The third-order valence-electron chi connectivity index (χ3n) is 11.3. The number of sulfone groups is 1. The Hall–Kier alpha value is -5.83. The van der Waals surface area contributed by atoms with Crippen molar-refractivity contribution in [3.63, 3.8) is 0 Å². The first-order chi connectivity index (χ1) is 33.8. The van der Waals surface area contributed by atoms with Crippen LogP contribution in [0.2, 0.25) is 5.02 Å². The summed E-state index contributed by atoms with van der Waals surface area (Å²) in [6.45, 7) is -2.67. The van der Waals surface area contributed by atoms with Gasteiger partial charge in [0.15, 0.2) is 15.7 Å². The van der Waals surface area contributed by atoms with Crippen LogP contribution in [0, 0.1) is 35.3 Å². The SMILES string of the molecule is CC(C)(C#Cc1ccc(-c2ccc(Cl)c3c(N(C(=O)NCCOP(=O)(O)O)S(C)(=O)=O)nn(CC(F)(F)F)c23)c([C@H](Cc2cc(F)cc(F)c2)NC(=O)CN=C2C(=C(N)C(F)(F)F)[C@H]3C[C@H]3C2(F)F)n1)S(C)(=O)=O. The van der Waals surface area contributed by atoms with Crippen LogP contribution in [0.3, 0.4) is 0 Å². The van der Waals surface area contributed by atoms with E-state index in [0.29, 0.717) is 12.3 Å². The number of rotatable bonds is 15. The first kappa shape index (κ1) is 57.4. The van der Waals surface area contributed by atoms with Gasteiger partial charge in [0.2, 0.25) is 15.9 Å². The normalized spacial score (nSPS) is 18.6. The molecule has 2 fully saturated rings. The number of hydrogen-bond donors (Lipinski definition) is 5. The zero-order valence-electron chi connectivity index (χ0n) is 38.4. The molecule has 2 saturated carbocycles. The molecule has 0 unspecified atom stereocenters. The topological polar surface area (TPSA) is 266 Å². The van der Waals surface area contributed by atoms with Crippen molar-refractivity contribution in [2.45, 2.75) is 62.3 Å². The number of pyridine rings is 1. The Morgan fingerprint density at radius 3 is 2.23 bits per heavy atom. The summed E-state index contributed by atoms with van der Waals surface area (Å²) in [6.07, 6.45) is -10.3. The van der Waals surface area contributed by atoms with Crippen LogP contribution in [-0.4, -0.2) is 114 Å². The maximum atomic E-state index is 15.4. The Balaban J connectivity index is 1.61. The lowest BCUT2D eigenvalue weighted by Crippen LogP contribution is -2.44. The fourth-order valence-electron chi connectivity index (χ4n) is 7.74. The molecule has 0 bridgehead atoms. The van der Waals surface area contributed by atoms with Crippen LogP contribution < -0.4 is 20.7 Å². The molecule has 0 radical (unpaired) electrons. The summed E-state index contributed by atoms with van der Waals surface area (Å²) in [6, 6.07) is 2.79. The third kappa shape index (κ3) is 13.0. The maximum Gasteiger partial charge on any atom is 0.469 e. The van der Waals surface area contributed by atoms with Crippen LogP contribution in [0.1, 0.15) is 43.3 Å². The second kappa shape index (κ2) is 20.4. The highest BCUT2D eigenvalue weighted by molar-refractivity contribution is 7.93. The van der Waals surface area contributed by atoms with Gasteiger partial charge in [-0.1, -0.05) is 23.6 Å². The standard InChI is InChI=1S/C42H40ClF10N8O10PS2/c1-39(2,73(3,67)68)10-9-23-5-6-24(25-7-8-28(43)32-34(25)60(19-40(46,47)48)59-37(32)61(74(4,69)70)38(63)55-11-12-71-72(64,65)66)33(57-23)29(15-20-13-21(44)16-22(45)14-20)58-30(62)18-56-36-31(35(54)42(51,52)53)26-17-27(26)41(36,49)50/h5-8,13-14,16,26-27,29H,11-12,15,17-19,54H2,1-4H3,(H,55,63)(H,58,62)(H2,64,65,66)/t26-,27+,29-/m0/s1. The number of nitrogens with zero attached hydrogens (tertiary/aromatic N) is 5.